The molecule has 6 nitrogen and oxygen atoms in total. The lowest BCUT2D eigenvalue weighted by Crippen LogP contribution is -2.44. The Morgan fingerprint density at radius 1 is 1.33 bits per heavy atom. The maximum absolute atomic E-state index is 12.1. The Bertz CT molecular complexity index is 679. The fourth-order valence-corrected chi connectivity index (χ4v) is 3.09. The number of carbonyl (C=O) groups excluding carboxylic acids is 2. The molecule has 0 saturated heterocycles. The van der Waals surface area contributed by atoms with E-state index in [-0.39, 0.29) is 12.5 Å². The van der Waals surface area contributed by atoms with Crippen molar-refractivity contribution in [1.82, 2.24) is 15.5 Å². The molecule has 0 atom stereocenters. The van der Waals surface area contributed by atoms with E-state index in [0.717, 1.165) is 10.6 Å². The van der Waals surface area contributed by atoms with E-state index in [0.29, 0.717) is 19.6 Å². The van der Waals surface area contributed by atoms with E-state index in [4.69, 9.17) is 4.42 Å². The van der Waals surface area contributed by atoms with Crippen molar-refractivity contribution >= 4 is 23.3 Å². The number of thiophene rings is 1. The summed E-state index contributed by atoms with van der Waals surface area (Å²) >= 11 is 1.69. The predicted octanol–water partition coefficient (Wildman–Crippen LogP) is 2.66. The van der Waals surface area contributed by atoms with Gasteiger partial charge in [0.15, 0.2) is 0 Å². The van der Waals surface area contributed by atoms with E-state index in [9.17, 15) is 9.59 Å². The summed E-state index contributed by atoms with van der Waals surface area (Å²) in [4.78, 5) is 27.9. The number of carbonyl (C=O) groups is 2. The van der Waals surface area contributed by atoms with Gasteiger partial charge in [0.1, 0.15) is 5.76 Å². The predicted molar refractivity (Wildman–Crippen MR) is 93.6 cm³/mol. The number of hydrogen-bond acceptors (Lipinski definition) is 5. The van der Waals surface area contributed by atoms with Crippen molar-refractivity contribution in [3.63, 3.8) is 0 Å². The van der Waals surface area contributed by atoms with E-state index >= 15 is 0 Å². The number of nitrogens with one attached hydrogen (secondary N) is 2. The molecular weight excluding hydrogens is 326 g/mol. The van der Waals surface area contributed by atoms with Gasteiger partial charge in [-0.05, 0) is 31.2 Å². The number of aryl methyl sites for hydroxylation is 1. The van der Waals surface area contributed by atoms with E-state index in [1.165, 1.54) is 4.88 Å². The van der Waals surface area contributed by atoms with Crippen LogP contribution in [0, 0.1) is 6.92 Å². The minimum atomic E-state index is -0.523. The summed E-state index contributed by atoms with van der Waals surface area (Å²) in [6.07, 6.45) is 3.15. The molecule has 0 aliphatic rings. The highest BCUT2D eigenvalue weighted by molar-refractivity contribution is 7.11. The van der Waals surface area contributed by atoms with Crippen LogP contribution in [-0.2, 0) is 17.9 Å². The first kappa shape index (κ1) is 18.0. The molecule has 0 aliphatic heterocycles. The Balaban J connectivity index is 1.95. The van der Waals surface area contributed by atoms with Crippen LogP contribution < -0.4 is 10.6 Å². The quantitative estimate of drug-likeness (QED) is 0.720. The number of rotatable bonds is 8. The molecule has 7 heteroatoms. The monoisotopic (exact) mass is 347 g/mol. The van der Waals surface area contributed by atoms with Crippen LogP contribution in [-0.4, -0.2) is 29.9 Å². The average Bonchev–Trinajstić information content (AvgIpc) is 3.17. The van der Waals surface area contributed by atoms with Crippen LogP contribution >= 0.6 is 11.3 Å². The van der Waals surface area contributed by atoms with Gasteiger partial charge in [0.05, 0.1) is 19.4 Å². The molecular formula is C17H21N3O3S. The first-order chi connectivity index (χ1) is 11.6. The van der Waals surface area contributed by atoms with E-state index in [2.05, 4.69) is 17.2 Å². The Morgan fingerprint density at radius 2 is 2.17 bits per heavy atom. The minimum Gasteiger partial charge on any atom is -0.468 e. The van der Waals surface area contributed by atoms with Gasteiger partial charge in [0.25, 0.3) is 0 Å². The third kappa shape index (κ3) is 6.02. The molecule has 24 heavy (non-hydrogen) atoms. The lowest BCUT2D eigenvalue weighted by molar-refractivity contribution is -0.121. The third-order valence-electron chi connectivity index (χ3n) is 3.16. The highest BCUT2D eigenvalue weighted by Gasteiger charge is 2.16. The molecule has 0 spiro atoms. The molecule has 0 aliphatic carbocycles. The summed E-state index contributed by atoms with van der Waals surface area (Å²) < 4.78 is 5.36. The molecule has 0 radical (unpaired) electrons. The van der Waals surface area contributed by atoms with Gasteiger partial charge in [0, 0.05) is 22.8 Å². The maximum atomic E-state index is 12.1. The van der Waals surface area contributed by atoms with Gasteiger partial charge in [-0.15, -0.1) is 17.9 Å². The van der Waals surface area contributed by atoms with Crippen LogP contribution in [0.4, 0.5) is 4.79 Å². The highest BCUT2D eigenvalue weighted by atomic mass is 32.1. The number of hydrogen-bond donors (Lipinski definition) is 2. The van der Waals surface area contributed by atoms with Crippen LogP contribution in [0.3, 0.4) is 0 Å². The Labute approximate surface area is 145 Å². The summed E-state index contributed by atoms with van der Waals surface area (Å²) in [6, 6.07) is 7.25. The lowest BCUT2D eigenvalue weighted by Gasteiger charge is -2.19. The highest BCUT2D eigenvalue weighted by Crippen LogP contribution is 2.18. The van der Waals surface area contributed by atoms with Crippen molar-refractivity contribution in [3.8, 4) is 0 Å². The Kier molecular flexibility index (Phi) is 6.77. The number of urea groups is 1. The zero-order chi connectivity index (χ0) is 17.4. The van der Waals surface area contributed by atoms with Gasteiger partial charge in [-0.25, -0.2) is 4.79 Å². The van der Waals surface area contributed by atoms with Gasteiger partial charge in [-0.3, -0.25) is 15.0 Å². The lowest BCUT2D eigenvalue weighted by atomic mass is 10.3. The zero-order valence-electron chi connectivity index (χ0n) is 13.6. The molecule has 0 saturated carbocycles. The van der Waals surface area contributed by atoms with Crippen molar-refractivity contribution in [2.75, 3.05) is 13.1 Å². The molecule has 0 fully saturated rings. The standard InChI is InChI=1S/C17H21N3O3S/c1-3-8-18-17(22)19-16(21)12-20(10-14-5-4-9-23-14)11-15-7-6-13(2)24-15/h3-7,9H,1,8,10-12H2,2H3,(H2,18,19,21,22). The maximum Gasteiger partial charge on any atom is 0.321 e. The summed E-state index contributed by atoms with van der Waals surface area (Å²) in [6.45, 7) is 7.06. The molecule has 0 aromatic carbocycles. The minimum absolute atomic E-state index is 0.0964. The number of amides is 3. The number of imide groups is 1. The first-order valence-corrected chi connectivity index (χ1v) is 8.37. The molecule has 0 bridgehead atoms. The summed E-state index contributed by atoms with van der Waals surface area (Å²) in [5.74, 6) is 0.406. The SMILES string of the molecule is C=CCNC(=O)NC(=O)CN(Cc1ccco1)Cc1ccc(C)s1. The van der Waals surface area contributed by atoms with Crippen molar-refractivity contribution in [2.45, 2.75) is 20.0 Å². The van der Waals surface area contributed by atoms with Gasteiger partial charge >= 0.3 is 6.03 Å². The normalized spacial score (nSPS) is 10.6. The van der Waals surface area contributed by atoms with Crippen LogP contribution in [0.15, 0.2) is 47.6 Å². The smallest absolute Gasteiger partial charge is 0.321 e. The van der Waals surface area contributed by atoms with Crippen LogP contribution in [0.2, 0.25) is 0 Å². The topological polar surface area (TPSA) is 74.6 Å². The van der Waals surface area contributed by atoms with Crippen LogP contribution in [0.25, 0.3) is 0 Å². The summed E-state index contributed by atoms with van der Waals surface area (Å²) in [7, 11) is 0. The Hall–Kier alpha value is -2.38. The molecule has 0 unspecified atom stereocenters. The first-order valence-electron chi connectivity index (χ1n) is 7.55. The summed E-state index contributed by atoms with van der Waals surface area (Å²) in [5, 5.41) is 4.82. The fourth-order valence-electron chi connectivity index (χ4n) is 2.16. The van der Waals surface area contributed by atoms with Crippen molar-refractivity contribution in [2.24, 2.45) is 0 Å². The van der Waals surface area contributed by atoms with E-state index < -0.39 is 6.03 Å². The summed E-state index contributed by atoms with van der Waals surface area (Å²) in [5.41, 5.74) is 0. The Morgan fingerprint density at radius 3 is 2.79 bits per heavy atom. The molecule has 2 N–H and O–H groups in total. The third-order valence-corrected chi connectivity index (χ3v) is 4.15. The van der Waals surface area contributed by atoms with Crippen LogP contribution in [0.5, 0.6) is 0 Å². The number of nitrogens with zero attached hydrogens (tertiary/aromatic N) is 1. The second-order valence-electron chi connectivity index (χ2n) is 5.28. The molecule has 2 aromatic rings. The largest absolute Gasteiger partial charge is 0.468 e. The molecule has 2 heterocycles. The van der Waals surface area contributed by atoms with E-state index in [1.807, 2.05) is 36.1 Å². The van der Waals surface area contributed by atoms with Crippen molar-refractivity contribution in [1.29, 1.82) is 0 Å². The average molecular weight is 347 g/mol. The second-order valence-corrected chi connectivity index (χ2v) is 6.66. The molecule has 2 aromatic heterocycles. The van der Waals surface area contributed by atoms with Crippen LogP contribution in [0.1, 0.15) is 15.5 Å². The zero-order valence-corrected chi connectivity index (χ0v) is 14.4. The van der Waals surface area contributed by atoms with Crippen molar-refractivity contribution in [3.05, 3.63) is 58.7 Å². The van der Waals surface area contributed by atoms with E-state index in [1.54, 1.807) is 23.7 Å². The molecule has 128 valence electrons. The van der Waals surface area contributed by atoms with Gasteiger partial charge in [-0.2, -0.15) is 0 Å². The van der Waals surface area contributed by atoms with Crippen molar-refractivity contribution < 1.29 is 14.0 Å². The van der Waals surface area contributed by atoms with Gasteiger partial charge in [0.2, 0.25) is 5.91 Å². The molecule has 2 rings (SSSR count). The van der Waals surface area contributed by atoms with Gasteiger partial charge < -0.3 is 9.73 Å². The van der Waals surface area contributed by atoms with Gasteiger partial charge in [-0.1, -0.05) is 6.08 Å². The number of furan rings is 1. The fraction of sp³-hybridized carbons (Fsp3) is 0.294. The second kappa shape index (κ2) is 9.05. The molecule has 3 amide bonds.